The molecule has 0 aromatic heterocycles. The van der Waals surface area contributed by atoms with Gasteiger partial charge in [-0.15, -0.1) is 0 Å². The Morgan fingerprint density at radius 3 is 3.19 bits per heavy atom. The molecule has 1 aliphatic heterocycles. The first-order chi connectivity index (χ1) is 7.70. The molecule has 0 bridgehead atoms. The molecule has 1 aromatic carbocycles. The van der Waals surface area contributed by atoms with Crippen LogP contribution in [-0.4, -0.2) is 31.2 Å². The van der Waals surface area contributed by atoms with Crippen LogP contribution in [-0.2, 0) is 4.79 Å². The number of likely N-dealkylation sites (N-methyl/N-ethyl adjacent to an activating group) is 1. The minimum Gasteiger partial charge on any atom is -0.482 e. The lowest BCUT2D eigenvalue weighted by Crippen LogP contribution is -2.25. The third-order valence-corrected chi connectivity index (χ3v) is 2.42. The number of carbonyl (C=O) groups excluding carboxylic acids is 1. The van der Waals surface area contributed by atoms with Crippen LogP contribution in [0.5, 0.6) is 5.75 Å². The van der Waals surface area contributed by atoms with E-state index in [4.69, 9.17) is 4.74 Å². The molecule has 0 saturated heterocycles. The SMILES string of the molecule is CNCC(O)c1ccc2c(c1)NC(=O)CO2. The molecule has 3 N–H and O–H groups in total. The lowest BCUT2D eigenvalue weighted by molar-refractivity contribution is -0.118. The number of rotatable bonds is 3. The molecule has 1 atom stereocenters. The van der Waals surface area contributed by atoms with Crippen LogP contribution in [0.2, 0.25) is 0 Å². The molecule has 5 heteroatoms. The van der Waals surface area contributed by atoms with Crippen LogP contribution >= 0.6 is 0 Å². The first kappa shape index (κ1) is 10.9. The van der Waals surface area contributed by atoms with Crippen LogP contribution in [0.25, 0.3) is 0 Å². The zero-order valence-corrected chi connectivity index (χ0v) is 8.99. The van der Waals surface area contributed by atoms with Gasteiger partial charge in [0.25, 0.3) is 5.91 Å². The average Bonchev–Trinajstić information content (AvgIpc) is 2.28. The van der Waals surface area contributed by atoms with Crippen molar-refractivity contribution in [3.63, 3.8) is 0 Å². The molecule has 0 radical (unpaired) electrons. The van der Waals surface area contributed by atoms with Crippen molar-refractivity contribution in [1.29, 1.82) is 0 Å². The summed E-state index contributed by atoms with van der Waals surface area (Å²) in [5.41, 5.74) is 1.36. The molecule has 0 aliphatic carbocycles. The number of hydrogen-bond donors (Lipinski definition) is 3. The second-order valence-electron chi connectivity index (χ2n) is 3.67. The summed E-state index contributed by atoms with van der Waals surface area (Å²) in [5, 5.41) is 15.4. The third kappa shape index (κ3) is 2.15. The van der Waals surface area contributed by atoms with E-state index in [0.717, 1.165) is 5.56 Å². The predicted octanol–water partition coefficient (Wildman–Crippen LogP) is 0.270. The molecule has 16 heavy (non-hydrogen) atoms. The van der Waals surface area contributed by atoms with E-state index >= 15 is 0 Å². The number of aliphatic hydroxyl groups excluding tert-OH is 1. The van der Waals surface area contributed by atoms with Gasteiger partial charge in [0.1, 0.15) is 5.75 Å². The summed E-state index contributed by atoms with van der Waals surface area (Å²) in [4.78, 5) is 11.1. The number of nitrogens with one attached hydrogen (secondary N) is 2. The van der Waals surface area contributed by atoms with Crippen molar-refractivity contribution in [3.05, 3.63) is 23.8 Å². The summed E-state index contributed by atoms with van der Waals surface area (Å²) in [7, 11) is 1.77. The van der Waals surface area contributed by atoms with Gasteiger partial charge in [0.2, 0.25) is 0 Å². The maximum absolute atomic E-state index is 11.1. The quantitative estimate of drug-likeness (QED) is 0.686. The highest BCUT2D eigenvalue weighted by atomic mass is 16.5. The highest BCUT2D eigenvalue weighted by molar-refractivity contribution is 5.95. The summed E-state index contributed by atoms with van der Waals surface area (Å²) in [6.07, 6.45) is -0.589. The normalized spacial score (nSPS) is 16.0. The highest BCUT2D eigenvalue weighted by Crippen LogP contribution is 2.30. The lowest BCUT2D eigenvalue weighted by Gasteiger charge is -2.19. The Labute approximate surface area is 93.4 Å². The van der Waals surface area contributed by atoms with Gasteiger partial charge in [0.15, 0.2) is 6.61 Å². The van der Waals surface area contributed by atoms with Crippen LogP contribution in [0.3, 0.4) is 0 Å². The van der Waals surface area contributed by atoms with Crippen molar-refractivity contribution in [2.75, 3.05) is 25.5 Å². The first-order valence-corrected chi connectivity index (χ1v) is 5.10. The number of fused-ring (bicyclic) bond motifs is 1. The molecule has 0 spiro atoms. The Morgan fingerprint density at radius 2 is 2.44 bits per heavy atom. The van der Waals surface area contributed by atoms with Crippen molar-refractivity contribution in [2.24, 2.45) is 0 Å². The summed E-state index contributed by atoms with van der Waals surface area (Å²) in [5.74, 6) is 0.466. The van der Waals surface area contributed by atoms with Gasteiger partial charge in [-0.1, -0.05) is 6.07 Å². The maximum atomic E-state index is 11.1. The second kappa shape index (κ2) is 4.51. The monoisotopic (exact) mass is 222 g/mol. The van der Waals surface area contributed by atoms with Crippen LogP contribution in [0, 0.1) is 0 Å². The molecule has 1 heterocycles. The highest BCUT2D eigenvalue weighted by Gasteiger charge is 2.17. The van der Waals surface area contributed by atoms with Crippen LogP contribution in [0.4, 0.5) is 5.69 Å². The Hall–Kier alpha value is -1.59. The van der Waals surface area contributed by atoms with E-state index in [-0.39, 0.29) is 12.5 Å². The smallest absolute Gasteiger partial charge is 0.262 e. The molecule has 1 amide bonds. The fourth-order valence-electron chi connectivity index (χ4n) is 1.62. The van der Waals surface area contributed by atoms with E-state index in [2.05, 4.69) is 10.6 Å². The number of benzene rings is 1. The fraction of sp³-hybridized carbons (Fsp3) is 0.364. The molecular weight excluding hydrogens is 208 g/mol. The Morgan fingerprint density at radius 1 is 1.62 bits per heavy atom. The topological polar surface area (TPSA) is 70.6 Å². The Balaban J connectivity index is 2.24. The minimum atomic E-state index is -0.589. The standard InChI is InChI=1S/C11H14N2O3/c1-12-5-9(14)7-2-3-10-8(4-7)13-11(15)6-16-10/h2-4,9,12,14H,5-6H2,1H3,(H,13,15). The number of carbonyl (C=O) groups is 1. The van der Waals surface area contributed by atoms with Gasteiger partial charge in [-0.25, -0.2) is 0 Å². The van der Waals surface area contributed by atoms with E-state index in [0.29, 0.717) is 18.0 Å². The van der Waals surface area contributed by atoms with E-state index in [1.165, 1.54) is 0 Å². The van der Waals surface area contributed by atoms with E-state index in [1.807, 2.05) is 0 Å². The first-order valence-electron chi connectivity index (χ1n) is 5.10. The summed E-state index contributed by atoms with van der Waals surface area (Å²) >= 11 is 0. The molecule has 1 unspecified atom stereocenters. The second-order valence-corrected chi connectivity index (χ2v) is 3.67. The Kier molecular flexibility index (Phi) is 3.07. The molecule has 0 fully saturated rings. The average molecular weight is 222 g/mol. The van der Waals surface area contributed by atoms with E-state index in [9.17, 15) is 9.90 Å². The number of aliphatic hydroxyl groups is 1. The summed E-state index contributed by atoms with van der Waals surface area (Å²) in [6, 6.07) is 5.27. The molecular formula is C11H14N2O3. The van der Waals surface area contributed by atoms with Crippen molar-refractivity contribution in [1.82, 2.24) is 5.32 Å². The molecule has 1 aromatic rings. The van der Waals surface area contributed by atoms with Gasteiger partial charge in [0, 0.05) is 6.54 Å². The maximum Gasteiger partial charge on any atom is 0.262 e. The summed E-state index contributed by atoms with van der Waals surface area (Å²) < 4.78 is 5.22. The number of hydrogen-bond acceptors (Lipinski definition) is 4. The van der Waals surface area contributed by atoms with Crippen molar-refractivity contribution < 1.29 is 14.6 Å². The lowest BCUT2D eigenvalue weighted by atomic mass is 10.1. The van der Waals surface area contributed by atoms with Gasteiger partial charge in [-0.2, -0.15) is 0 Å². The van der Waals surface area contributed by atoms with Gasteiger partial charge >= 0.3 is 0 Å². The fourth-order valence-corrected chi connectivity index (χ4v) is 1.62. The van der Waals surface area contributed by atoms with Crippen molar-refractivity contribution in [2.45, 2.75) is 6.10 Å². The minimum absolute atomic E-state index is 0.0470. The number of ether oxygens (including phenoxy) is 1. The van der Waals surface area contributed by atoms with Crippen LogP contribution in [0.15, 0.2) is 18.2 Å². The number of amides is 1. The van der Waals surface area contributed by atoms with Crippen molar-refractivity contribution >= 4 is 11.6 Å². The van der Waals surface area contributed by atoms with Gasteiger partial charge in [0.05, 0.1) is 11.8 Å². The van der Waals surface area contributed by atoms with Crippen LogP contribution in [0.1, 0.15) is 11.7 Å². The Bertz CT molecular complexity index is 406. The van der Waals surface area contributed by atoms with Gasteiger partial charge in [-0.05, 0) is 24.7 Å². The van der Waals surface area contributed by atoms with Gasteiger partial charge in [-0.3, -0.25) is 4.79 Å². The zero-order chi connectivity index (χ0) is 11.5. The largest absolute Gasteiger partial charge is 0.482 e. The summed E-state index contributed by atoms with van der Waals surface area (Å²) in [6.45, 7) is 0.513. The van der Waals surface area contributed by atoms with E-state index in [1.54, 1.807) is 25.2 Å². The predicted molar refractivity (Wildman–Crippen MR) is 59.5 cm³/mol. The molecule has 2 rings (SSSR count). The van der Waals surface area contributed by atoms with Crippen molar-refractivity contribution in [3.8, 4) is 5.75 Å². The molecule has 0 saturated carbocycles. The number of anilines is 1. The van der Waals surface area contributed by atoms with Crippen LogP contribution < -0.4 is 15.4 Å². The van der Waals surface area contributed by atoms with Gasteiger partial charge < -0.3 is 20.5 Å². The third-order valence-electron chi connectivity index (χ3n) is 2.42. The molecule has 5 nitrogen and oxygen atoms in total. The zero-order valence-electron chi connectivity index (χ0n) is 8.99. The molecule has 86 valence electrons. The van der Waals surface area contributed by atoms with E-state index < -0.39 is 6.10 Å². The molecule has 1 aliphatic rings.